The van der Waals surface area contributed by atoms with Crippen LogP contribution in [0.1, 0.15) is 5.56 Å². The van der Waals surface area contributed by atoms with Crippen molar-refractivity contribution in [2.75, 3.05) is 7.11 Å². The minimum Gasteiger partial charge on any atom is -0.495 e. The number of hydrogen-bond donors (Lipinski definition) is 0. The van der Waals surface area contributed by atoms with E-state index in [1.54, 1.807) is 19.4 Å². The predicted molar refractivity (Wildman–Crippen MR) is 63.4 cm³/mol. The SMILES string of the molecule is C=Cc1cc(Cl)c2ncccc2c1OC. The molecular weight excluding hydrogens is 210 g/mol. The summed E-state index contributed by atoms with van der Waals surface area (Å²) in [5.74, 6) is 0.762. The first kappa shape index (κ1) is 9.99. The maximum absolute atomic E-state index is 6.10. The molecule has 3 heteroatoms. The van der Waals surface area contributed by atoms with Crippen molar-refractivity contribution in [1.29, 1.82) is 0 Å². The Morgan fingerprint density at radius 3 is 3.00 bits per heavy atom. The first-order valence-electron chi connectivity index (χ1n) is 4.51. The molecule has 1 aromatic carbocycles. The number of aromatic nitrogens is 1. The van der Waals surface area contributed by atoms with Gasteiger partial charge >= 0.3 is 0 Å². The molecule has 0 fully saturated rings. The van der Waals surface area contributed by atoms with Gasteiger partial charge in [0.15, 0.2) is 0 Å². The van der Waals surface area contributed by atoms with E-state index in [-0.39, 0.29) is 0 Å². The average molecular weight is 220 g/mol. The number of fused-ring (bicyclic) bond motifs is 1. The molecule has 0 spiro atoms. The summed E-state index contributed by atoms with van der Waals surface area (Å²) < 4.78 is 5.33. The van der Waals surface area contributed by atoms with Gasteiger partial charge in [-0.05, 0) is 18.2 Å². The van der Waals surface area contributed by atoms with E-state index in [0.29, 0.717) is 5.02 Å². The number of hydrogen-bond acceptors (Lipinski definition) is 2. The van der Waals surface area contributed by atoms with E-state index >= 15 is 0 Å². The summed E-state index contributed by atoms with van der Waals surface area (Å²) in [5.41, 5.74) is 1.63. The van der Waals surface area contributed by atoms with Gasteiger partial charge in [-0.3, -0.25) is 4.98 Å². The highest BCUT2D eigenvalue weighted by Crippen LogP contribution is 2.34. The van der Waals surface area contributed by atoms with E-state index in [0.717, 1.165) is 22.2 Å². The Bertz CT molecular complexity index is 522. The number of pyridine rings is 1. The Labute approximate surface area is 93.2 Å². The van der Waals surface area contributed by atoms with Crippen LogP contribution in [-0.4, -0.2) is 12.1 Å². The molecule has 0 aliphatic rings. The van der Waals surface area contributed by atoms with Gasteiger partial charge in [0, 0.05) is 17.1 Å². The number of rotatable bonds is 2. The zero-order valence-electron chi connectivity index (χ0n) is 8.33. The fraction of sp³-hybridized carbons (Fsp3) is 0.0833. The van der Waals surface area contributed by atoms with Crippen LogP contribution in [0.25, 0.3) is 17.0 Å². The van der Waals surface area contributed by atoms with Crippen LogP contribution in [-0.2, 0) is 0 Å². The van der Waals surface area contributed by atoms with Crippen molar-refractivity contribution in [3.63, 3.8) is 0 Å². The highest BCUT2D eigenvalue weighted by atomic mass is 35.5. The topological polar surface area (TPSA) is 22.1 Å². The molecule has 2 aromatic rings. The third-order valence-electron chi connectivity index (χ3n) is 2.25. The van der Waals surface area contributed by atoms with Crippen molar-refractivity contribution in [2.45, 2.75) is 0 Å². The van der Waals surface area contributed by atoms with E-state index in [9.17, 15) is 0 Å². The smallest absolute Gasteiger partial charge is 0.135 e. The third kappa shape index (κ3) is 1.57. The Morgan fingerprint density at radius 2 is 2.33 bits per heavy atom. The first-order valence-corrected chi connectivity index (χ1v) is 4.89. The normalized spacial score (nSPS) is 10.3. The van der Waals surface area contributed by atoms with Crippen LogP contribution in [0.4, 0.5) is 0 Å². The number of benzene rings is 1. The standard InChI is InChI=1S/C12H10ClNO/c1-3-8-7-10(13)11-9(12(8)15-2)5-4-6-14-11/h3-7H,1H2,2H3. The van der Waals surface area contributed by atoms with Crippen molar-refractivity contribution in [1.82, 2.24) is 4.98 Å². The van der Waals surface area contributed by atoms with Gasteiger partial charge in [0.1, 0.15) is 5.75 Å². The summed E-state index contributed by atoms with van der Waals surface area (Å²) >= 11 is 6.10. The van der Waals surface area contributed by atoms with Crippen LogP contribution < -0.4 is 4.74 Å². The highest BCUT2D eigenvalue weighted by Gasteiger charge is 2.09. The maximum Gasteiger partial charge on any atom is 0.135 e. The van der Waals surface area contributed by atoms with Gasteiger partial charge in [0.05, 0.1) is 17.6 Å². The number of ether oxygens (including phenoxy) is 1. The minimum atomic E-state index is 0.612. The molecule has 0 bridgehead atoms. The van der Waals surface area contributed by atoms with E-state index < -0.39 is 0 Å². The monoisotopic (exact) mass is 219 g/mol. The van der Waals surface area contributed by atoms with E-state index in [1.807, 2.05) is 18.2 Å². The second kappa shape index (κ2) is 3.91. The summed E-state index contributed by atoms with van der Waals surface area (Å²) in [6, 6.07) is 5.59. The molecule has 0 unspecified atom stereocenters. The van der Waals surface area contributed by atoms with E-state index in [4.69, 9.17) is 16.3 Å². The van der Waals surface area contributed by atoms with E-state index in [1.165, 1.54) is 0 Å². The Morgan fingerprint density at radius 1 is 1.53 bits per heavy atom. The van der Waals surface area contributed by atoms with Gasteiger partial charge in [-0.15, -0.1) is 0 Å². The lowest BCUT2D eigenvalue weighted by Crippen LogP contribution is -1.91. The molecule has 0 saturated carbocycles. The summed E-state index contributed by atoms with van der Waals surface area (Å²) in [6.07, 6.45) is 3.43. The summed E-state index contributed by atoms with van der Waals surface area (Å²) in [7, 11) is 1.63. The second-order valence-electron chi connectivity index (χ2n) is 3.08. The molecule has 15 heavy (non-hydrogen) atoms. The van der Waals surface area contributed by atoms with Crippen molar-refractivity contribution >= 4 is 28.6 Å². The lowest BCUT2D eigenvalue weighted by molar-refractivity contribution is 0.419. The zero-order valence-corrected chi connectivity index (χ0v) is 9.08. The minimum absolute atomic E-state index is 0.612. The van der Waals surface area contributed by atoms with E-state index in [2.05, 4.69) is 11.6 Å². The Hall–Kier alpha value is -1.54. The number of halogens is 1. The summed E-state index contributed by atoms with van der Waals surface area (Å²) in [5, 5.41) is 1.52. The molecule has 0 atom stereocenters. The van der Waals surface area contributed by atoms with Crippen LogP contribution >= 0.6 is 11.6 Å². The van der Waals surface area contributed by atoms with Crippen LogP contribution in [0.3, 0.4) is 0 Å². The highest BCUT2D eigenvalue weighted by molar-refractivity contribution is 6.35. The largest absolute Gasteiger partial charge is 0.495 e. The van der Waals surface area contributed by atoms with Crippen molar-refractivity contribution in [3.8, 4) is 5.75 Å². The van der Waals surface area contributed by atoms with Gasteiger partial charge < -0.3 is 4.74 Å². The first-order chi connectivity index (χ1) is 7.27. The van der Waals surface area contributed by atoms with Gasteiger partial charge in [-0.2, -0.15) is 0 Å². The molecule has 2 nitrogen and oxygen atoms in total. The van der Waals surface area contributed by atoms with Crippen molar-refractivity contribution < 1.29 is 4.74 Å². The van der Waals surface area contributed by atoms with Crippen LogP contribution in [0.5, 0.6) is 5.75 Å². The number of methoxy groups -OCH3 is 1. The molecule has 2 rings (SSSR count). The third-order valence-corrected chi connectivity index (χ3v) is 2.54. The number of nitrogens with zero attached hydrogens (tertiary/aromatic N) is 1. The molecule has 0 radical (unpaired) electrons. The van der Waals surface area contributed by atoms with Gasteiger partial charge in [0.2, 0.25) is 0 Å². The fourth-order valence-corrected chi connectivity index (χ4v) is 1.85. The Balaban J connectivity index is 2.91. The predicted octanol–water partition coefficient (Wildman–Crippen LogP) is 3.54. The van der Waals surface area contributed by atoms with Crippen LogP contribution in [0.2, 0.25) is 5.02 Å². The molecular formula is C12H10ClNO. The molecule has 0 aliphatic heterocycles. The quantitative estimate of drug-likeness (QED) is 0.771. The van der Waals surface area contributed by atoms with Crippen LogP contribution in [0, 0.1) is 0 Å². The Kier molecular flexibility index (Phi) is 2.60. The van der Waals surface area contributed by atoms with Crippen molar-refractivity contribution in [3.05, 3.63) is 41.6 Å². The molecule has 1 aromatic heterocycles. The average Bonchev–Trinajstić information content (AvgIpc) is 2.29. The van der Waals surface area contributed by atoms with Gasteiger partial charge in [0.25, 0.3) is 0 Å². The lowest BCUT2D eigenvalue weighted by atomic mass is 10.1. The van der Waals surface area contributed by atoms with Gasteiger partial charge in [-0.25, -0.2) is 0 Å². The molecule has 76 valence electrons. The van der Waals surface area contributed by atoms with Crippen molar-refractivity contribution in [2.24, 2.45) is 0 Å². The van der Waals surface area contributed by atoms with Gasteiger partial charge in [-0.1, -0.05) is 24.3 Å². The zero-order chi connectivity index (χ0) is 10.8. The summed E-state index contributed by atoms with van der Waals surface area (Å²) in [4.78, 5) is 4.22. The molecule has 0 amide bonds. The summed E-state index contributed by atoms with van der Waals surface area (Å²) in [6.45, 7) is 3.73. The van der Waals surface area contributed by atoms with Crippen LogP contribution in [0.15, 0.2) is 31.0 Å². The molecule has 0 saturated heterocycles. The lowest BCUT2D eigenvalue weighted by Gasteiger charge is -2.09. The molecule has 1 heterocycles. The fourth-order valence-electron chi connectivity index (χ4n) is 1.58. The molecule has 0 N–H and O–H groups in total. The maximum atomic E-state index is 6.10. The molecule has 0 aliphatic carbocycles. The second-order valence-corrected chi connectivity index (χ2v) is 3.49.